The van der Waals surface area contributed by atoms with Gasteiger partial charge in [-0.15, -0.1) is 0 Å². The highest BCUT2D eigenvalue weighted by Gasteiger charge is 2.38. The van der Waals surface area contributed by atoms with Gasteiger partial charge in [-0.05, 0) is 40.0 Å². The lowest BCUT2D eigenvalue weighted by molar-refractivity contribution is -0.127. The fraction of sp³-hybridized carbons (Fsp3) is 0.739. The highest BCUT2D eigenvalue weighted by molar-refractivity contribution is 5.88. The van der Waals surface area contributed by atoms with E-state index in [2.05, 4.69) is 15.6 Å². The first kappa shape index (κ1) is 24.9. The van der Waals surface area contributed by atoms with E-state index in [4.69, 9.17) is 4.74 Å². The van der Waals surface area contributed by atoms with Crippen molar-refractivity contribution >= 4 is 18.0 Å². The van der Waals surface area contributed by atoms with Crippen molar-refractivity contribution in [1.82, 2.24) is 30.0 Å². The van der Waals surface area contributed by atoms with Crippen LogP contribution in [0.5, 0.6) is 0 Å². The number of amides is 4. The van der Waals surface area contributed by atoms with Gasteiger partial charge in [0.15, 0.2) is 0 Å². The number of imidazole rings is 1. The van der Waals surface area contributed by atoms with Gasteiger partial charge in [0.25, 0.3) is 0 Å². The fourth-order valence-corrected chi connectivity index (χ4v) is 4.26. The summed E-state index contributed by atoms with van der Waals surface area (Å²) in [6.45, 7) is 7.36. The van der Waals surface area contributed by atoms with Crippen molar-refractivity contribution in [3.8, 4) is 0 Å². The standard InChI is InChI=1S/C23H38N6O4/c1-23(2,3)33-22(32)28-14-15-29(21(31)26-18-8-5-4-6-9-18)19(16-28)20(30)25-10-7-12-27-13-11-24-17-27/h11,13,17-19H,4-10,12,14-16H2,1-3H3,(H,25,30)(H,26,31)/t19-/m1/s1. The van der Waals surface area contributed by atoms with E-state index in [1.807, 2.05) is 31.5 Å². The highest BCUT2D eigenvalue weighted by Crippen LogP contribution is 2.19. The van der Waals surface area contributed by atoms with Crippen molar-refractivity contribution < 1.29 is 19.1 Å². The Bertz CT molecular complexity index is 785. The summed E-state index contributed by atoms with van der Waals surface area (Å²) in [5.41, 5.74) is -0.627. The van der Waals surface area contributed by atoms with Gasteiger partial charge in [0.1, 0.15) is 11.6 Å². The van der Waals surface area contributed by atoms with E-state index in [0.29, 0.717) is 13.1 Å². The van der Waals surface area contributed by atoms with Crippen molar-refractivity contribution in [2.45, 2.75) is 83.5 Å². The van der Waals surface area contributed by atoms with Gasteiger partial charge in [0.05, 0.1) is 12.9 Å². The third-order valence-electron chi connectivity index (χ3n) is 5.98. The quantitative estimate of drug-likeness (QED) is 0.631. The van der Waals surface area contributed by atoms with Crippen LogP contribution >= 0.6 is 0 Å². The Hall–Kier alpha value is -2.78. The van der Waals surface area contributed by atoms with Gasteiger partial charge < -0.3 is 29.7 Å². The summed E-state index contributed by atoms with van der Waals surface area (Å²) in [6.07, 6.45) is 10.9. The maximum atomic E-state index is 13.1. The molecule has 2 N–H and O–H groups in total. The average Bonchev–Trinajstić information content (AvgIpc) is 3.29. The number of aryl methyl sites for hydroxylation is 1. The summed E-state index contributed by atoms with van der Waals surface area (Å²) in [5, 5.41) is 6.04. The fourth-order valence-electron chi connectivity index (χ4n) is 4.26. The first-order chi connectivity index (χ1) is 15.7. The molecule has 10 nitrogen and oxygen atoms in total. The number of carbonyl (C=O) groups is 3. The topological polar surface area (TPSA) is 109 Å². The summed E-state index contributed by atoms with van der Waals surface area (Å²) in [4.78, 5) is 45.9. The van der Waals surface area contributed by atoms with Crippen LogP contribution in [0, 0.1) is 0 Å². The van der Waals surface area contributed by atoms with Crippen molar-refractivity contribution in [1.29, 1.82) is 0 Å². The molecule has 1 saturated heterocycles. The van der Waals surface area contributed by atoms with E-state index in [-0.39, 0.29) is 31.1 Å². The largest absolute Gasteiger partial charge is 0.444 e. The van der Waals surface area contributed by atoms with Crippen molar-refractivity contribution in [3.63, 3.8) is 0 Å². The Labute approximate surface area is 196 Å². The second-order valence-corrected chi connectivity index (χ2v) is 9.87. The van der Waals surface area contributed by atoms with E-state index >= 15 is 0 Å². The molecule has 0 spiro atoms. The molecule has 1 saturated carbocycles. The molecule has 1 aliphatic carbocycles. The van der Waals surface area contributed by atoms with E-state index in [1.54, 1.807) is 17.4 Å². The number of hydrogen-bond donors (Lipinski definition) is 2. The maximum Gasteiger partial charge on any atom is 0.410 e. The predicted molar refractivity (Wildman–Crippen MR) is 124 cm³/mol. The third kappa shape index (κ3) is 7.64. The van der Waals surface area contributed by atoms with Crippen LogP contribution < -0.4 is 10.6 Å². The lowest BCUT2D eigenvalue weighted by atomic mass is 9.95. The Morgan fingerprint density at radius 3 is 2.55 bits per heavy atom. The SMILES string of the molecule is CC(C)(C)OC(=O)N1CCN(C(=O)NC2CCCCC2)[C@@H](C(=O)NCCCn2ccnc2)C1. The highest BCUT2D eigenvalue weighted by atomic mass is 16.6. The van der Waals surface area contributed by atoms with Crippen LogP contribution in [0.3, 0.4) is 0 Å². The molecule has 4 amide bonds. The zero-order valence-corrected chi connectivity index (χ0v) is 20.1. The second kappa shape index (κ2) is 11.4. The zero-order chi connectivity index (χ0) is 23.8. The van der Waals surface area contributed by atoms with Gasteiger partial charge in [-0.25, -0.2) is 14.6 Å². The molecule has 2 aliphatic rings. The minimum Gasteiger partial charge on any atom is -0.444 e. The second-order valence-electron chi connectivity index (χ2n) is 9.87. The van der Waals surface area contributed by atoms with Gasteiger partial charge in [-0.2, -0.15) is 0 Å². The molecular formula is C23H38N6O4. The molecule has 2 heterocycles. The van der Waals surface area contributed by atoms with E-state index < -0.39 is 17.7 Å². The molecule has 0 aromatic carbocycles. The molecular weight excluding hydrogens is 424 g/mol. The molecule has 3 rings (SSSR count). The van der Waals surface area contributed by atoms with Crippen LogP contribution in [-0.4, -0.2) is 81.2 Å². The number of ether oxygens (including phenoxy) is 1. The first-order valence-corrected chi connectivity index (χ1v) is 12.0. The van der Waals surface area contributed by atoms with Crippen molar-refractivity contribution in [2.75, 3.05) is 26.2 Å². The summed E-state index contributed by atoms with van der Waals surface area (Å²) in [6, 6.07) is -0.846. The Morgan fingerprint density at radius 2 is 1.88 bits per heavy atom. The Balaban J connectivity index is 1.60. The molecule has 184 valence electrons. The number of urea groups is 1. The minimum atomic E-state index is -0.761. The predicted octanol–water partition coefficient (Wildman–Crippen LogP) is 2.35. The monoisotopic (exact) mass is 462 g/mol. The molecule has 2 fully saturated rings. The molecule has 1 aromatic rings. The number of hydrogen-bond acceptors (Lipinski definition) is 5. The van der Waals surface area contributed by atoms with Crippen molar-refractivity contribution in [2.24, 2.45) is 0 Å². The van der Waals surface area contributed by atoms with Gasteiger partial charge >= 0.3 is 12.1 Å². The van der Waals surface area contributed by atoms with Gasteiger partial charge in [0, 0.05) is 44.6 Å². The molecule has 33 heavy (non-hydrogen) atoms. The number of piperazine rings is 1. The van der Waals surface area contributed by atoms with Crippen LogP contribution in [-0.2, 0) is 16.1 Å². The van der Waals surface area contributed by atoms with Gasteiger partial charge in [0.2, 0.25) is 5.91 Å². The minimum absolute atomic E-state index is 0.111. The van der Waals surface area contributed by atoms with Crippen molar-refractivity contribution in [3.05, 3.63) is 18.7 Å². The van der Waals surface area contributed by atoms with Crippen LogP contribution in [0.1, 0.15) is 59.3 Å². The van der Waals surface area contributed by atoms with Gasteiger partial charge in [-0.3, -0.25) is 4.79 Å². The van der Waals surface area contributed by atoms with Crippen LogP contribution in [0.25, 0.3) is 0 Å². The zero-order valence-electron chi connectivity index (χ0n) is 20.1. The summed E-state index contributed by atoms with van der Waals surface area (Å²) < 4.78 is 7.44. The molecule has 10 heteroatoms. The lowest BCUT2D eigenvalue weighted by Gasteiger charge is -2.41. The average molecular weight is 463 g/mol. The first-order valence-electron chi connectivity index (χ1n) is 12.0. The van der Waals surface area contributed by atoms with E-state index in [0.717, 1.165) is 38.6 Å². The number of aromatic nitrogens is 2. The Morgan fingerprint density at radius 1 is 1.12 bits per heavy atom. The number of carbonyl (C=O) groups excluding carboxylic acids is 3. The summed E-state index contributed by atoms with van der Waals surface area (Å²) in [7, 11) is 0. The van der Waals surface area contributed by atoms with E-state index in [9.17, 15) is 14.4 Å². The summed E-state index contributed by atoms with van der Waals surface area (Å²) >= 11 is 0. The molecule has 0 bridgehead atoms. The number of rotatable bonds is 6. The third-order valence-corrected chi connectivity index (χ3v) is 5.98. The molecule has 1 aliphatic heterocycles. The van der Waals surface area contributed by atoms with Crippen LogP contribution in [0.2, 0.25) is 0 Å². The number of nitrogens with one attached hydrogen (secondary N) is 2. The summed E-state index contributed by atoms with van der Waals surface area (Å²) in [5.74, 6) is -0.257. The van der Waals surface area contributed by atoms with E-state index in [1.165, 1.54) is 11.3 Å². The Kier molecular flexibility index (Phi) is 8.57. The normalized spacial score (nSPS) is 19.8. The molecule has 1 atom stereocenters. The maximum absolute atomic E-state index is 13.1. The smallest absolute Gasteiger partial charge is 0.410 e. The van der Waals surface area contributed by atoms with Crippen LogP contribution in [0.4, 0.5) is 9.59 Å². The lowest BCUT2D eigenvalue weighted by Crippen LogP contribution is -2.64. The molecule has 1 aromatic heterocycles. The van der Waals surface area contributed by atoms with Crippen LogP contribution in [0.15, 0.2) is 18.7 Å². The number of nitrogens with zero attached hydrogens (tertiary/aromatic N) is 4. The van der Waals surface area contributed by atoms with Gasteiger partial charge in [-0.1, -0.05) is 19.3 Å². The molecule has 0 radical (unpaired) electrons. The molecule has 0 unspecified atom stereocenters.